The van der Waals surface area contributed by atoms with Gasteiger partial charge in [0.25, 0.3) is 5.56 Å². The van der Waals surface area contributed by atoms with Crippen molar-refractivity contribution in [1.82, 2.24) is 14.5 Å². The Balaban J connectivity index is 0.00000113. The minimum absolute atomic E-state index is 0.0412. The maximum atomic E-state index is 14.0. The summed E-state index contributed by atoms with van der Waals surface area (Å²) in [5.41, 5.74) is -2.03. The Hall–Kier alpha value is -3.55. The number of carbonyl (C=O) groups excluding carboxylic acids is 2. The lowest BCUT2D eigenvalue weighted by atomic mass is 10.0. The summed E-state index contributed by atoms with van der Waals surface area (Å²) in [5.74, 6) is -1.11. The quantitative estimate of drug-likeness (QED) is 0.317. The molecule has 0 bridgehead atoms. The van der Waals surface area contributed by atoms with Crippen LogP contribution in [0.5, 0.6) is 5.75 Å². The number of aromatic nitrogens is 2. The van der Waals surface area contributed by atoms with E-state index in [1.165, 1.54) is 43.7 Å². The largest absolute Gasteiger partial charge is 0.496 e. The third kappa shape index (κ3) is 7.64. The minimum atomic E-state index is -1.54. The van der Waals surface area contributed by atoms with Crippen LogP contribution in [0.15, 0.2) is 27.8 Å². The van der Waals surface area contributed by atoms with Crippen molar-refractivity contribution in [3.8, 4) is 5.75 Å². The standard InChI is InChI=1S/C26H32FN3O6S.C3H8O2/c1-8-36-23(32)20-15(4)19-21(31)30(26(5,6)24(33)28-14(2)3)25(34)29(22(19)37-20)12-11-16-13-17(27)9-10-18(16)35-7;1-5-3-2-4/h9-10,13-14H,8,11-12H2,1-7H3,(H,28,33);4H,2-3H2,1H3. The van der Waals surface area contributed by atoms with Crippen LogP contribution in [0.1, 0.15) is 55.4 Å². The van der Waals surface area contributed by atoms with E-state index >= 15 is 0 Å². The monoisotopic (exact) mass is 609 g/mol. The van der Waals surface area contributed by atoms with Crippen LogP contribution in [0.2, 0.25) is 0 Å². The summed E-state index contributed by atoms with van der Waals surface area (Å²) in [4.78, 5) is 53.7. The van der Waals surface area contributed by atoms with Crippen molar-refractivity contribution in [3.05, 3.63) is 60.9 Å². The third-order valence-corrected chi connectivity index (χ3v) is 7.65. The van der Waals surface area contributed by atoms with Gasteiger partial charge in [0.1, 0.15) is 26.8 Å². The Morgan fingerprint density at radius 1 is 1.19 bits per heavy atom. The molecule has 2 heterocycles. The molecular formula is C29H40FN3O8S. The van der Waals surface area contributed by atoms with E-state index in [1.807, 2.05) is 0 Å². The number of rotatable bonds is 11. The molecule has 11 nitrogen and oxygen atoms in total. The number of aliphatic hydroxyl groups is 1. The fourth-order valence-electron chi connectivity index (χ4n) is 4.23. The highest BCUT2D eigenvalue weighted by molar-refractivity contribution is 7.20. The van der Waals surface area contributed by atoms with Crippen molar-refractivity contribution in [3.63, 3.8) is 0 Å². The molecule has 2 aromatic heterocycles. The average Bonchev–Trinajstić information content (AvgIpc) is 3.26. The molecule has 0 radical (unpaired) electrons. The molecule has 3 aromatic rings. The van der Waals surface area contributed by atoms with Crippen LogP contribution in [-0.4, -0.2) is 66.2 Å². The number of benzene rings is 1. The van der Waals surface area contributed by atoms with Crippen LogP contribution in [0, 0.1) is 12.7 Å². The zero-order chi connectivity index (χ0) is 31.8. The number of fused-ring (bicyclic) bond motifs is 1. The van der Waals surface area contributed by atoms with Crippen LogP contribution in [0.4, 0.5) is 4.39 Å². The molecule has 0 saturated heterocycles. The van der Waals surface area contributed by atoms with Gasteiger partial charge >= 0.3 is 11.7 Å². The lowest BCUT2D eigenvalue weighted by Gasteiger charge is -2.27. The van der Waals surface area contributed by atoms with E-state index in [9.17, 15) is 23.6 Å². The number of hydrogen-bond acceptors (Lipinski definition) is 9. The van der Waals surface area contributed by atoms with Gasteiger partial charge in [0.2, 0.25) is 5.91 Å². The van der Waals surface area contributed by atoms with Gasteiger partial charge in [-0.2, -0.15) is 0 Å². The molecule has 3 rings (SSSR count). The first-order valence-electron chi connectivity index (χ1n) is 13.5. The Bertz CT molecular complexity index is 1520. The van der Waals surface area contributed by atoms with E-state index in [4.69, 9.17) is 14.6 Å². The number of nitrogens with one attached hydrogen (secondary N) is 1. The fraction of sp³-hybridized carbons (Fsp3) is 0.517. The van der Waals surface area contributed by atoms with Crippen LogP contribution in [0.25, 0.3) is 10.2 Å². The minimum Gasteiger partial charge on any atom is -0.496 e. The van der Waals surface area contributed by atoms with E-state index < -0.39 is 34.5 Å². The van der Waals surface area contributed by atoms with E-state index in [2.05, 4.69) is 10.1 Å². The summed E-state index contributed by atoms with van der Waals surface area (Å²) in [6, 6.07) is 3.88. The molecule has 1 aromatic carbocycles. The maximum absolute atomic E-state index is 14.0. The number of esters is 1. The van der Waals surface area contributed by atoms with Crippen molar-refractivity contribution in [2.24, 2.45) is 0 Å². The fourth-order valence-corrected chi connectivity index (χ4v) is 5.45. The Kier molecular flexibility index (Phi) is 12.4. The highest BCUT2D eigenvalue weighted by Gasteiger charge is 2.36. The summed E-state index contributed by atoms with van der Waals surface area (Å²) >= 11 is 0.983. The Morgan fingerprint density at radius 2 is 1.86 bits per heavy atom. The molecule has 0 fully saturated rings. The molecule has 0 saturated carbocycles. The summed E-state index contributed by atoms with van der Waals surface area (Å²) in [7, 11) is 3.02. The molecule has 0 aliphatic carbocycles. The summed E-state index contributed by atoms with van der Waals surface area (Å²) in [6.07, 6.45) is 0.193. The van der Waals surface area contributed by atoms with Crippen molar-refractivity contribution >= 4 is 33.4 Å². The van der Waals surface area contributed by atoms with Gasteiger partial charge in [-0.3, -0.25) is 14.2 Å². The van der Waals surface area contributed by atoms with Gasteiger partial charge in [-0.1, -0.05) is 0 Å². The van der Waals surface area contributed by atoms with E-state index in [1.54, 1.807) is 34.8 Å². The number of methoxy groups -OCH3 is 2. The van der Waals surface area contributed by atoms with E-state index in [0.29, 0.717) is 23.5 Å². The first-order chi connectivity index (χ1) is 19.8. The molecule has 0 unspecified atom stereocenters. The molecule has 0 atom stereocenters. The highest BCUT2D eigenvalue weighted by atomic mass is 32.1. The van der Waals surface area contributed by atoms with Gasteiger partial charge in [0.15, 0.2) is 0 Å². The Labute approximate surface area is 247 Å². The average molecular weight is 610 g/mol. The van der Waals surface area contributed by atoms with Gasteiger partial charge in [-0.25, -0.2) is 18.5 Å². The zero-order valence-electron chi connectivity index (χ0n) is 25.3. The molecule has 13 heteroatoms. The zero-order valence-corrected chi connectivity index (χ0v) is 26.1. The van der Waals surface area contributed by atoms with Crippen molar-refractivity contribution < 1.29 is 33.3 Å². The number of nitrogens with zero attached hydrogens (tertiary/aromatic N) is 2. The third-order valence-electron chi connectivity index (χ3n) is 6.35. The van der Waals surface area contributed by atoms with Crippen molar-refractivity contribution in [1.29, 1.82) is 0 Å². The number of amides is 1. The van der Waals surface area contributed by atoms with Gasteiger partial charge < -0.3 is 24.6 Å². The second-order valence-electron chi connectivity index (χ2n) is 10.1. The predicted molar refractivity (Wildman–Crippen MR) is 159 cm³/mol. The van der Waals surface area contributed by atoms with Crippen LogP contribution in [0.3, 0.4) is 0 Å². The molecule has 0 aliphatic rings. The van der Waals surface area contributed by atoms with Crippen LogP contribution < -0.4 is 21.3 Å². The smallest absolute Gasteiger partial charge is 0.348 e. The van der Waals surface area contributed by atoms with Gasteiger partial charge in [-0.15, -0.1) is 11.3 Å². The molecule has 0 aliphatic heterocycles. The topological polar surface area (TPSA) is 138 Å². The number of aryl methyl sites for hydroxylation is 3. The first kappa shape index (κ1) is 34.7. The number of carbonyl (C=O) groups is 2. The predicted octanol–water partition coefficient (Wildman–Crippen LogP) is 2.99. The van der Waals surface area contributed by atoms with Gasteiger partial charge in [0, 0.05) is 19.7 Å². The van der Waals surface area contributed by atoms with Gasteiger partial charge in [0.05, 0.1) is 32.3 Å². The second kappa shape index (κ2) is 15.1. The van der Waals surface area contributed by atoms with E-state index in [0.717, 1.165) is 15.9 Å². The summed E-state index contributed by atoms with van der Waals surface area (Å²) < 4.78 is 31.2. The molecule has 42 heavy (non-hydrogen) atoms. The number of aliphatic hydroxyl groups excluding tert-OH is 1. The van der Waals surface area contributed by atoms with Crippen LogP contribution in [-0.2, 0) is 32.8 Å². The van der Waals surface area contributed by atoms with Crippen molar-refractivity contribution in [2.75, 3.05) is 34.0 Å². The molecular weight excluding hydrogens is 569 g/mol. The summed E-state index contributed by atoms with van der Waals surface area (Å²) in [6.45, 7) is 10.6. The summed E-state index contributed by atoms with van der Waals surface area (Å²) in [5, 5.41) is 10.9. The lowest BCUT2D eigenvalue weighted by molar-refractivity contribution is -0.129. The van der Waals surface area contributed by atoms with E-state index in [-0.39, 0.29) is 47.3 Å². The second-order valence-corrected chi connectivity index (χ2v) is 11.1. The molecule has 0 spiro atoms. The number of thiophene rings is 1. The number of hydrogen-bond donors (Lipinski definition) is 2. The first-order valence-corrected chi connectivity index (χ1v) is 14.3. The molecule has 232 valence electrons. The Morgan fingerprint density at radius 3 is 2.38 bits per heavy atom. The molecule has 2 N–H and O–H groups in total. The number of ether oxygens (including phenoxy) is 3. The normalized spacial score (nSPS) is 11.3. The lowest BCUT2D eigenvalue weighted by Crippen LogP contribution is -2.56. The SMILES string of the molecule is CCOC(=O)c1sc2c(c1C)c(=O)n(C(C)(C)C(=O)NC(C)C)c(=O)n2CCc1cc(F)ccc1OC.COCCO. The molecule has 1 amide bonds. The number of halogens is 1. The van der Waals surface area contributed by atoms with Crippen molar-refractivity contribution in [2.45, 2.75) is 66.1 Å². The van der Waals surface area contributed by atoms with Crippen LogP contribution >= 0.6 is 11.3 Å². The highest BCUT2D eigenvalue weighted by Crippen LogP contribution is 2.30. The van der Waals surface area contributed by atoms with Gasteiger partial charge in [-0.05, 0) is 77.3 Å². The maximum Gasteiger partial charge on any atom is 0.348 e.